The Kier molecular flexibility index (Phi) is 5.26. The third kappa shape index (κ3) is 4.16. The molecular formula is C17H25NOS. The summed E-state index contributed by atoms with van der Waals surface area (Å²) in [5.41, 5.74) is 0. The SMILES string of the molecule is c1cc(SN2CCCC2)ccc1OCC1CCCCC1. The van der Waals surface area contributed by atoms with Crippen LogP contribution >= 0.6 is 11.9 Å². The first-order valence-electron chi connectivity index (χ1n) is 8.06. The lowest BCUT2D eigenvalue weighted by atomic mass is 9.90. The molecule has 0 amide bonds. The highest BCUT2D eigenvalue weighted by Gasteiger charge is 2.14. The first kappa shape index (κ1) is 14.3. The van der Waals surface area contributed by atoms with E-state index in [0.717, 1.165) is 18.3 Å². The Hall–Kier alpha value is -0.670. The molecule has 3 heteroatoms. The van der Waals surface area contributed by atoms with Gasteiger partial charge in [0.05, 0.1) is 6.61 Å². The summed E-state index contributed by atoms with van der Waals surface area (Å²) in [4.78, 5) is 1.33. The van der Waals surface area contributed by atoms with E-state index in [1.54, 1.807) is 0 Å². The van der Waals surface area contributed by atoms with E-state index < -0.39 is 0 Å². The molecule has 0 atom stereocenters. The summed E-state index contributed by atoms with van der Waals surface area (Å²) in [5, 5.41) is 0. The van der Waals surface area contributed by atoms with Crippen molar-refractivity contribution in [2.24, 2.45) is 5.92 Å². The summed E-state index contributed by atoms with van der Waals surface area (Å²) in [6, 6.07) is 8.64. The molecule has 0 unspecified atom stereocenters. The van der Waals surface area contributed by atoms with Crippen LogP contribution in [0.1, 0.15) is 44.9 Å². The van der Waals surface area contributed by atoms with E-state index in [0.29, 0.717) is 0 Å². The molecule has 20 heavy (non-hydrogen) atoms. The van der Waals surface area contributed by atoms with Gasteiger partial charge in [0.15, 0.2) is 0 Å². The van der Waals surface area contributed by atoms with Crippen molar-refractivity contribution in [3.05, 3.63) is 24.3 Å². The minimum Gasteiger partial charge on any atom is -0.493 e. The van der Waals surface area contributed by atoms with Crippen LogP contribution < -0.4 is 4.74 Å². The summed E-state index contributed by atoms with van der Waals surface area (Å²) in [6.45, 7) is 3.35. The Morgan fingerprint density at radius 1 is 0.950 bits per heavy atom. The van der Waals surface area contributed by atoms with Gasteiger partial charge in [-0.2, -0.15) is 0 Å². The molecule has 0 radical (unpaired) electrons. The molecule has 2 nitrogen and oxygen atoms in total. The Morgan fingerprint density at radius 2 is 1.65 bits per heavy atom. The topological polar surface area (TPSA) is 12.5 Å². The van der Waals surface area contributed by atoms with Gasteiger partial charge in [0, 0.05) is 18.0 Å². The fourth-order valence-electron chi connectivity index (χ4n) is 3.09. The summed E-state index contributed by atoms with van der Waals surface area (Å²) in [7, 11) is 0. The van der Waals surface area contributed by atoms with E-state index in [9.17, 15) is 0 Å². The first-order valence-corrected chi connectivity index (χ1v) is 8.83. The molecule has 1 aliphatic heterocycles. The van der Waals surface area contributed by atoms with E-state index in [-0.39, 0.29) is 0 Å². The average molecular weight is 291 g/mol. The van der Waals surface area contributed by atoms with Crippen molar-refractivity contribution in [2.75, 3.05) is 19.7 Å². The number of hydrogen-bond acceptors (Lipinski definition) is 3. The predicted molar refractivity (Wildman–Crippen MR) is 85.2 cm³/mol. The van der Waals surface area contributed by atoms with Crippen LogP contribution in [-0.4, -0.2) is 24.0 Å². The fourth-order valence-corrected chi connectivity index (χ4v) is 4.09. The van der Waals surface area contributed by atoms with Crippen molar-refractivity contribution in [1.82, 2.24) is 4.31 Å². The standard InChI is InChI=1S/C17H25NOS/c1-2-6-15(7-3-1)14-19-16-8-10-17(11-9-16)20-18-12-4-5-13-18/h8-11,15H,1-7,12-14H2. The second-order valence-corrected chi connectivity index (χ2v) is 7.18. The monoisotopic (exact) mass is 291 g/mol. The smallest absolute Gasteiger partial charge is 0.119 e. The molecule has 110 valence electrons. The number of hydrogen-bond donors (Lipinski definition) is 0. The molecule has 0 spiro atoms. The van der Waals surface area contributed by atoms with Crippen molar-refractivity contribution < 1.29 is 4.74 Å². The van der Waals surface area contributed by atoms with Gasteiger partial charge in [0.25, 0.3) is 0 Å². The number of nitrogens with zero attached hydrogens (tertiary/aromatic N) is 1. The third-order valence-corrected chi connectivity index (χ3v) is 5.44. The van der Waals surface area contributed by atoms with Gasteiger partial charge in [0.1, 0.15) is 5.75 Å². The zero-order chi connectivity index (χ0) is 13.6. The summed E-state index contributed by atoms with van der Waals surface area (Å²) in [6.07, 6.45) is 9.58. The van der Waals surface area contributed by atoms with Crippen LogP contribution in [0, 0.1) is 5.92 Å². The lowest BCUT2D eigenvalue weighted by Gasteiger charge is -2.21. The van der Waals surface area contributed by atoms with Crippen molar-refractivity contribution in [1.29, 1.82) is 0 Å². The van der Waals surface area contributed by atoms with Crippen LogP contribution in [0.15, 0.2) is 29.2 Å². The molecule has 1 aromatic rings. The van der Waals surface area contributed by atoms with E-state index in [2.05, 4.69) is 28.6 Å². The summed E-state index contributed by atoms with van der Waals surface area (Å²) >= 11 is 1.88. The van der Waals surface area contributed by atoms with Crippen LogP contribution in [-0.2, 0) is 0 Å². The highest BCUT2D eigenvalue weighted by molar-refractivity contribution is 7.97. The Morgan fingerprint density at radius 3 is 2.35 bits per heavy atom. The maximum absolute atomic E-state index is 5.95. The average Bonchev–Trinajstić information content (AvgIpc) is 3.01. The Labute approximate surface area is 127 Å². The lowest BCUT2D eigenvalue weighted by molar-refractivity contribution is 0.209. The second-order valence-electron chi connectivity index (χ2n) is 6.01. The molecule has 0 aromatic heterocycles. The zero-order valence-corrected chi connectivity index (χ0v) is 13.0. The maximum Gasteiger partial charge on any atom is 0.119 e. The molecule has 1 heterocycles. The molecule has 0 N–H and O–H groups in total. The highest BCUT2D eigenvalue weighted by Crippen LogP contribution is 2.29. The molecule has 3 rings (SSSR count). The van der Waals surface area contributed by atoms with E-state index in [4.69, 9.17) is 4.74 Å². The van der Waals surface area contributed by atoms with Gasteiger partial charge in [-0.15, -0.1) is 0 Å². The lowest BCUT2D eigenvalue weighted by Crippen LogP contribution is -2.15. The Balaban J connectivity index is 1.45. The predicted octanol–water partition coefficient (Wildman–Crippen LogP) is 4.75. The van der Waals surface area contributed by atoms with E-state index in [1.807, 2.05) is 11.9 Å². The van der Waals surface area contributed by atoms with Gasteiger partial charge in [-0.1, -0.05) is 19.3 Å². The van der Waals surface area contributed by atoms with E-state index >= 15 is 0 Å². The largest absolute Gasteiger partial charge is 0.493 e. The molecule has 1 saturated carbocycles. The molecule has 0 bridgehead atoms. The number of benzene rings is 1. The minimum atomic E-state index is 0.780. The second kappa shape index (κ2) is 7.37. The molecule has 1 aliphatic carbocycles. The van der Waals surface area contributed by atoms with Gasteiger partial charge in [0.2, 0.25) is 0 Å². The van der Waals surface area contributed by atoms with Crippen LogP contribution in [0.25, 0.3) is 0 Å². The first-order chi connectivity index (χ1) is 9.90. The van der Waals surface area contributed by atoms with Crippen LogP contribution in [0.5, 0.6) is 5.75 Å². The fraction of sp³-hybridized carbons (Fsp3) is 0.647. The molecular weight excluding hydrogens is 266 g/mol. The van der Waals surface area contributed by atoms with Crippen molar-refractivity contribution in [2.45, 2.75) is 49.8 Å². The van der Waals surface area contributed by atoms with Gasteiger partial charge < -0.3 is 4.74 Å². The van der Waals surface area contributed by atoms with Gasteiger partial charge in [-0.05, 0) is 67.8 Å². The Bertz CT molecular complexity index is 394. The zero-order valence-electron chi connectivity index (χ0n) is 12.2. The van der Waals surface area contributed by atoms with Crippen molar-refractivity contribution in [3.8, 4) is 5.75 Å². The number of rotatable bonds is 5. The van der Waals surface area contributed by atoms with Crippen LogP contribution in [0.2, 0.25) is 0 Å². The highest BCUT2D eigenvalue weighted by atomic mass is 32.2. The van der Waals surface area contributed by atoms with E-state index in [1.165, 1.54) is 62.9 Å². The van der Waals surface area contributed by atoms with Crippen molar-refractivity contribution >= 4 is 11.9 Å². The van der Waals surface area contributed by atoms with Crippen molar-refractivity contribution in [3.63, 3.8) is 0 Å². The van der Waals surface area contributed by atoms with Gasteiger partial charge in [-0.3, -0.25) is 0 Å². The molecule has 2 aliphatic rings. The van der Waals surface area contributed by atoms with Crippen LogP contribution in [0.4, 0.5) is 0 Å². The normalized spacial score (nSPS) is 21.2. The quantitative estimate of drug-likeness (QED) is 0.726. The summed E-state index contributed by atoms with van der Waals surface area (Å²) in [5.74, 6) is 1.81. The van der Waals surface area contributed by atoms with Crippen LogP contribution in [0.3, 0.4) is 0 Å². The maximum atomic E-state index is 5.95. The summed E-state index contributed by atoms with van der Waals surface area (Å²) < 4.78 is 8.40. The third-order valence-electron chi connectivity index (χ3n) is 4.33. The minimum absolute atomic E-state index is 0.780. The number of ether oxygens (including phenoxy) is 1. The molecule has 1 saturated heterocycles. The molecule has 2 fully saturated rings. The molecule has 1 aromatic carbocycles. The van der Waals surface area contributed by atoms with Gasteiger partial charge in [-0.25, -0.2) is 4.31 Å². The van der Waals surface area contributed by atoms with Gasteiger partial charge >= 0.3 is 0 Å².